The van der Waals surface area contributed by atoms with Crippen molar-refractivity contribution >= 4 is 23.5 Å². The Kier molecular flexibility index (Phi) is 5.94. The Labute approximate surface area is 121 Å². The van der Waals surface area contributed by atoms with E-state index in [-0.39, 0.29) is 12.8 Å². The van der Waals surface area contributed by atoms with Gasteiger partial charge in [-0.25, -0.2) is 0 Å². The van der Waals surface area contributed by atoms with E-state index >= 15 is 0 Å². The molecule has 1 rings (SSSR count). The van der Waals surface area contributed by atoms with Crippen molar-refractivity contribution < 1.29 is 19.8 Å². The lowest BCUT2D eigenvalue weighted by atomic mass is 9.83. The molecule has 0 aliphatic carbocycles. The number of aliphatic carboxylic acids is 2. The topological polar surface area (TPSA) is 127 Å². The molecule has 0 heterocycles. The molecular formula is C13H17ClN2O4. The highest BCUT2D eigenvalue weighted by Gasteiger charge is 2.29. The minimum atomic E-state index is -1.06. The summed E-state index contributed by atoms with van der Waals surface area (Å²) in [5, 5.41) is 18.1. The third kappa shape index (κ3) is 4.80. The highest BCUT2D eigenvalue weighted by atomic mass is 35.5. The predicted molar refractivity (Wildman–Crippen MR) is 74.6 cm³/mol. The van der Waals surface area contributed by atoms with E-state index in [9.17, 15) is 9.59 Å². The van der Waals surface area contributed by atoms with Gasteiger partial charge in [0, 0.05) is 23.0 Å². The summed E-state index contributed by atoms with van der Waals surface area (Å²) in [7, 11) is 0. The number of nitrogens with two attached hydrogens (primary N) is 2. The number of benzene rings is 1. The van der Waals surface area contributed by atoms with E-state index in [4.69, 9.17) is 33.3 Å². The normalized spacial score (nSPS) is 15.3. The summed E-state index contributed by atoms with van der Waals surface area (Å²) in [6.07, 6.45) is -0.602. The lowest BCUT2D eigenvalue weighted by Gasteiger charge is -2.28. The molecule has 0 radical (unpaired) electrons. The quantitative estimate of drug-likeness (QED) is 0.595. The van der Waals surface area contributed by atoms with Crippen molar-refractivity contribution in [3.63, 3.8) is 0 Å². The van der Waals surface area contributed by atoms with Gasteiger partial charge in [0.15, 0.2) is 0 Å². The molecule has 110 valence electrons. The Balaban J connectivity index is 3.05. The first-order chi connectivity index (χ1) is 9.31. The van der Waals surface area contributed by atoms with Crippen molar-refractivity contribution in [1.29, 1.82) is 0 Å². The van der Waals surface area contributed by atoms with E-state index in [0.29, 0.717) is 10.6 Å². The lowest BCUT2D eigenvalue weighted by molar-refractivity contribution is -0.137. The van der Waals surface area contributed by atoms with Crippen LogP contribution >= 0.6 is 11.6 Å². The largest absolute Gasteiger partial charge is 0.481 e. The van der Waals surface area contributed by atoms with Gasteiger partial charge in [-0.05, 0) is 17.7 Å². The summed E-state index contributed by atoms with van der Waals surface area (Å²) >= 11 is 5.90. The fraction of sp³-hybridized carbons (Fsp3) is 0.385. The molecule has 2 unspecified atom stereocenters. The van der Waals surface area contributed by atoms with Crippen molar-refractivity contribution in [2.24, 2.45) is 11.5 Å². The number of carboxylic acids is 2. The Morgan fingerprint density at radius 2 is 1.60 bits per heavy atom. The first kappa shape index (κ1) is 16.4. The maximum atomic E-state index is 10.8. The van der Waals surface area contributed by atoms with Crippen LogP contribution < -0.4 is 11.5 Å². The van der Waals surface area contributed by atoms with Gasteiger partial charge in [-0.1, -0.05) is 23.7 Å². The average molecular weight is 301 g/mol. The number of hydrogen-bond acceptors (Lipinski definition) is 4. The minimum Gasteiger partial charge on any atom is -0.481 e. The molecule has 1 aromatic carbocycles. The molecule has 0 bridgehead atoms. The zero-order valence-corrected chi connectivity index (χ0v) is 11.5. The first-order valence-corrected chi connectivity index (χ1v) is 6.39. The standard InChI is InChI=1S/C13H17ClN2O4/c14-8-3-1-2-7(4-8)13(9(15)5-11(17)18)10(16)6-12(19)20/h1-4,9-10,13H,5-6,15-16H2,(H,17,18)(H,19,20). The second kappa shape index (κ2) is 7.23. The van der Waals surface area contributed by atoms with Gasteiger partial charge in [0.05, 0.1) is 12.8 Å². The van der Waals surface area contributed by atoms with E-state index < -0.39 is 29.9 Å². The maximum absolute atomic E-state index is 10.8. The van der Waals surface area contributed by atoms with Gasteiger partial charge in [-0.2, -0.15) is 0 Å². The molecule has 0 saturated heterocycles. The monoisotopic (exact) mass is 300 g/mol. The summed E-state index contributed by atoms with van der Waals surface area (Å²) < 4.78 is 0. The average Bonchev–Trinajstić information content (AvgIpc) is 2.26. The van der Waals surface area contributed by atoms with Crippen LogP contribution in [0, 0.1) is 0 Å². The van der Waals surface area contributed by atoms with Gasteiger partial charge >= 0.3 is 11.9 Å². The Hall–Kier alpha value is -1.63. The van der Waals surface area contributed by atoms with Crippen molar-refractivity contribution in [3.8, 4) is 0 Å². The van der Waals surface area contributed by atoms with Gasteiger partial charge in [-0.15, -0.1) is 0 Å². The SMILES string of the molecule is NC(CC(=O)O)C(c1cccc(Cl)c1)C(N)CC(=O)O. The zero-order valence-electron chi connectivity index (χ0n) is 10.7. The fourth-order valence-corrected chi connectivity index (χ4v) is 2.38. The molecule has 0 aliphatic heterocycles. The maximum Gasteiger partial charge on any atom is 0.304 e. The van der Waals surface area contributed by atoms with E-state index in [1.165, 1.54) is 0 Å². The second-order valence-corrected chi connectivity index (χ2v) is 5.04. The molecule has 2 atom stereocenters. The van der Waals surface area contributed by atoms with E-state index in [1.807, 2.05) is 0 Å². The molecule has 0 spiro atoms. The van der Waals surface area contributed by atoms with E-state index in [2.05, 4.69) is 0 Å². The van der Waals surface area contributed by atoms with Crippen LogP contribution in [0.15, 0.2) is 24.3 Å². The second-order valence-electron chi connectivity index (χ2n) is 4.60. The molecule has 20 heavy (non-hydrogen) atoms. The number of halogens is 1. The Morgan fingerprint density at radius 1 is 1.10 bits per heavy atom. The number of carboxylic acid groups (broad SMARTS) is 2. The smallest absolute Gasteiger partial charge is 0.304 e. The lowest BCUT2D eigenvalue weighted by Crippen LogP contribution is -2.43. The minimum absolute atomic E-state index is 0.301. The Bertz CT molecular complexity index is 473. The molecular weight excluding hydrogens is 284 g/mol. The fourth-order valence-electron chi connectivity index (χ4n) is 2.18. The molecule has 0 fully saturated rings. The van der Waals surface area contributed by atoms with Crippen LogP contribution in [0.5, 0.6) is 0 Å². The Morgan fingerprint density at radius 3 is 2.00 bits per heavy atom. The summed E-state index contributed by atoms with van der Waals surface area (Å²) in [5.41, 5.74) is 12.4. The van der Waals surface area contributed by atoms with Gasteiger partial charge < -0.3 is 21.7 Å². The van der Waals surface area contributed by atoms with E-state index in [1.54, 1.807) is 24.3 Å². The first-order valence-electron chi connectivity index (χ1n) is 6.01. The van der Waals surface area contributed by atoms with Gasteiger partial charge in [0.2, 0.25) is 0 Å². The van der Waals surface area contributed by atoms with Crippen LogP contribution in [0.1, 0.15) is 24.3 Å². The number of carbonyl (C=O) groups is 2. The summed E-state index contributed by atoms with van der Waals surface area (Å²) in [4.78, 5) is 21.6. The molecule has 0 aliphatic rings. The zero-order chi connectivity index (χ0) is 15.3. The van der Waals surface area contributed by atoms with Gasteiger partial charge in [0.1, 0.15) is 0 Å². The van der Waals surface area contributed by atoms with E-state index in [0.717, 1.165) is 0 Å². The summed E-state index contributed by atoms with van der Waals surface area (Å²) in [6.45, 7) is 0. The van der Waals surface area contributed by atoms with Crippen LogP contribution in [0.25, 0.3) is 0 Å². The third-order valence-corrected chi connectivity index (χ3v) is 3.21. The molecule has 0 amide bonds. The molecule has 7 heteroatoms. The third-order valence-electron chi connectivity index (χ3n) is 2.98. The van der Waals surface area contributed by atoms with Crippen LogP contribution in [0.4, 0.5) is 0 Å². The van der Waals surface area contributed by atoms with Crippen LogP contribution in [-0.2, 0) is 9.59 Å². The summed E-state index contributed by atoms with van der Waals surface area (Å²) in [5.74, 6) is -2.72. The number of hydrogen-bond donors (Lipinski definition) is 4. The predicted octanol–water partition coefficient (Wildman–Crippen LogP) is 1.03. The van der Waals surface area contributed by atoms with Gasteiger partial charge in [0.25, 0.3) is 0 Å². The van der Waals surface area contributed by atoms with Crippen LogP contribution in [0.2, 0.25) is 5.02 Å². The van der Waals surface area contributed by atoms with Gasteiger partial charge in [-0.3, -0.25) is 9.59 Å². The highest BCUT2D eigenvalue weighted by Crippen LogP contribution is 2.27. The van der Waals surface area contributed by atoms with Crippen LogP contribution in [-0.4, -0.2) is 34.2 Å². The van der Waals surface area contributed by atoms with Crippen molar-refractivity contribution in [3.05, 3.63) is 34.9 Å². The molecule has 0 aromatic heterocycles. The molecule has 1 aromatic rings. The number of rotatable bonds is 7. The van der Waals surface area contributed by atoms with Crippen molar-refractivity contribution in [2.45, 2.75) is 30.8 Å². The van der Waals surface area contributed by atoms with Crippen molar-refractivity contribution in [1.82, 2.24) is 0 Å². The van der Waals surface area contributed by atoms with Crippen LogP contribution in [0.3, 0.4) is 0 Å². The summed E-state index contributed by atoms with van der Waals surface area (Å²) in [6, 6.07) is 5.09. The highest BCUT2D eigenvalue weighted by molar-refractivity contribution is 6.30. The van der Waals surface area contributed by atoms with Crippen molar-refractivity contribution in [2.75, 3.05) is 0 Å². The molecule has 0 saturated carbocycles. The molecule has 6 N–H and O–H groups in total. The molecule has 6 nitrogen and oxygen atoms in total.